The van der Waals surface area contributed by atoms with Crippen molar-refractivity contribution in [2.24, 2.45) is 4.99 Å². The molecule has 0 bridgehead atoms. The highest BCUT2D eigenvalue weighted by molar-refractivity contribution is 5.60. The molecular weight excluding hydrogens is 102 g/mol. The molecule has 2 nitrogen and oxygen atoms in total. The standard InChI is InChI=1S/C6H10NO/c1-3-4-6(5-8)7-2/h6H,2-4H2,1H3. The van der Waals surface area contributed by atoms with E-state index in [0.717, 1.165) is 12.8 Å². The van der Waals surface area contributed by atoms with Crippen LogP contribution >= 0.6 is 0 Å². The summed E-state index contributed by atoms with van der Waals surface area (Å²) in [4.78, 5) is 13.4. The van der Waals surface area contributed by atoms with Crippen molar-refractivity contribution in [2.45, 2.75) is 25.8 Å². The summed E-state index contributed by atoms with van der Waals surface area (Å²) in [6, 6.07) is -0.292. The lowest BCUT2D eigenvalue weighted by atomic mass is 10.2. The van der Waals surface area contributed by atoms with Crippen LogP contribution in [0.5, 0.6) is 0 Å². The predicted octanol–water partition coefficient (Wildman–Crippen LogP) is 0.965. The van der Waals surface area contributed by atoms with Gasteiger partial charge in [0.2, 0.25) is 6.29 Å². The quantitative estimate of drug-likeness (QED) is 0.498. The van der Waals surface area contributed by atoms with Crippen LogP contribution in [-0.4, -0.2) is 19.0 Å². The van der Waals surface area contributed by atoms with Crippen molar-refractivity contribution >= 4 is 13.0 Å². The second-order valence-electron chi connectivity index (χ2n) is 1.60. The Hall–Kier alpha value is -0.660. The number of rotatable bonds is 4. The minimum Gasteiger partial charge on any atom is -0.289 e. The van der Waals surface area contributed by atoms with Crippen LogP contribution in [0.25, 0.3) is 0 Å². The van der Waals surface area contributed by atoms with E-state index in [-0.39, 0.29) is 6.04 Å². The molecule has 0 saturated heterocycles. The molecule has 1 atom stereocenters. The van der Waals surface area contributed by atoms with Gasteiger partial charge in [0, 0.05) is 0 Å². The summed E-state index contributed by atoms with van der Waals surface area (Å²) in [7, 11) is 0. The van der Waals surface area contributed by atoms with Gasteiger partial charge in [-0.05, 0) is 13.1 Å². The van der Waals surface area contributed by atoms with Crippen LogP contribution in [0.1, 0.15) is 19.8 Å². The first-order valence-electron chi connectivity index (χ1n) is 2.68. The first-order valence-corrected chi connectivity index (χ1v) is 2.68. The minimum absolute atomic E-state index is 0.292. The zero-order chi connectivity index (χ0) is 6.41. The van der Waals surface area contributed by atoms with E-state index in [1.807, 2.05) is 6.92 Å². The molecule has 45 valence electrons. The third kappa shape index (κ3) is 2.50. The molecular formula is C6H10NO. The van der Waals surface area contributed by atoms with Crippen LogP contribution in [-0.2, 0) is 4.79 Å². The molecule has 0 aromatic heterocycles. The molecule has 0 heterocycles. The molecule has 0 aliphatic heterocycles. The second-order valence-corrected chi connectivity index (χ2v) is 1.60. The monoisotopic (exact) mass is 112 g/mol. The van der Waals surface area contributed by atoms with Crippen molar-refractivity contribution in [1.29, 1.82) is 0 Å². The Morgan fingerprint density at radius 3 is 2.62 bits per heavy atom. The summed E-state index contributed by atoms with van der Waals surface area (Å²) in [6.45, 7) is 5.23. The van der Waals surface area contributed by atoms with Crippen LogP contribution in [0.15, 0.2) is 4.99 Å². The van der Waals surface area contributed by atoms with Crippen molar-refractivity contribution in [2.75, 3.05) is 0 Å². The normalized spacial score (nSPS) is 12.6. The molecule has 1 radical (unpaired) electrons. The topological polar surface area (TPSA) is 29.4 Å². The van der Waals surface area contributed by atoms with E-state index in [0.29, 0.717) is 0 Å². The smallest absolute Gasteiger partial charge is 0.225 e. The maximum Gasteiger partial charge on any atom is 0.225 e. The molecule has 0 N–H and O–H groups in total. The van der Waals surface area contributed by atoms with Crippen molar-refractivity contribution < 1.29 is 4.79 Å². The van der Waals surface area contributed by atoms with Crippen LogP contribution in [0, 0.1) is 0 Å². The summed E-state index contributed by atoms with van der Waals surface area (Å²) in [5.74, 6) is 0. The third-order valence-corrected chi connectivity index (χ3v) is 0.919. The molecule has 0 amide bonds. The summed E-state index contributed by atoms with van der Waals surface area (Å²) < 4.78 is 0. The van der Waals surface area contributed by atoms with Gasteiger partial charge in [0.25, 0.3) is 0 Å². The fourth-order valence-corrected chi connectivity index (χ4v) is 0.461. The average molecular weight is 112 g/mol. The fourth-order valence-electron chi connectivity index (χ4n) is 0.461. The molecule has 1 unspecified atom stereocenters. The van der Waals surface area contributed by atoms with Gasteiger partial charge in [-0.25, -0.2) is 0 Å². The predicted molar refractivity (Wildman–Crippen MR) is 33.9 cm³/mol. The lowest BCUT2D eigenvalue weighted by molar-refractivity contribution is 0.535. The lowest BCUT2D eigenvalue weighted by Crippen LogP contribution is -2.03. The number of aliphatic imine (C=N–C) groups is 1. The summed E-state index contributed by atoms with van der Waals surface area (Å²) >= 11 is 0. The van der Waals surface area contributed by atoms with Gasteiger partial charge in [0.15, 0.2) is 0 Å². The van der Waals surface area contributed by atoms with E-state index in [4.69, 9.17) is 0 Å². The first kappa shape index (κ1) is 7.34. The number of carbonyl (C=O) groups excluding carboxylic acids is 1. The summed E-state index contributed by atoms with van der Waals surface area (Å²) in [6.07, 6.45) is 3.50. The number of hydrogen-bond acceptors (Lipinski definition) is 2. The molecule has 8 heavy (non-hydrogen) atoms. The molecule has 0 aromatic rings. The molecule has 0 aromatic carbocycles. The van der Waals surface area contributed by atoms with E-state index in [2.05, 4.69) is 11.7 Å². The molecule has 0 fully saturated rings. The largest absolute Gasteiger partial charge is 0.289 e. The Bertz CT molecular complexity index is 72.6. The maximum absolute atomic E-state index is 9.87. The summed E-state index contributed by atoms with van der Waals surface area (Å²) in [5, 5.41) is 0. The highest BCUT2D eigenvalue weighted by Gasteiger charge is 1.99. The fraction of sp³-hybridized carbons (Fsp3) is 0.667. The van der Waals surface area contributed by atoms with Gasteiger partial charge in [-0.3, -0.25) is 9.79 Å². The highest BCUT2D eigenvalue weighted by Crippen LogP contribution is 1.95. The summed E-state index contributed by atoms with van der Waals surface area (Å²) in [5.41, 5.74) is 0. The molecule has 0 aliphatic carbocycles. The Morgan fingerprint density at radius 2 is 2.50 bits per heavy atom. The average Bonchev–Trinajstić information content (AvgIpc) is 1.83. The maximum atomic E-state index is 9.87. The van der Waals surface area contributed by atoms with Crippen molar-refractivity contribution in [3.63, 3.8) is 0 Å². The molecule has 0 spiro atoms. The van der Waals surface area contributed by atoms with Gasteiger partial charge in [-0.15, -0.1) is 0 Å². The van der Waals surface area contributed by atoms with Crippen molar-refractivity contribution in [1.82, 2.24) is 0 Å². The van der Waals surface area contributed by atoms with Gasteiger partial charge < -0.3 is 0 Å². The Labute approximate surface area is 49.6 Å². The lowest BCUT2D eigenvalue weighted by Gasteiger charge is -1.96. The number of nitrogens with zero attached hydrogens (tertiary/aromatic N) is 1. The van der Waals surface area contributed by atoms with Gasteiger partial charge in [0.05, 0.1) is 0 Å². The third-order valence-electron chi connectivity index (χ3n) is 0.919. The van der Waals surface area contributed by atoms with Gasteiger partial charge >= 0.3 is 0 Å². The molecule has 0 saturated carbocycles. The second kappa shape index (κ2) is 4.50. The SMILES string of the molecule is C=NC([C]=O)CCC. The Balaban J connectivity index is 3.35. The highest BCUT2D eigenvalue weighted by atomic mass is 16.1. The van der Waals surface area contributed by atoms with E-state index >= 15 is 0 Å². The van der Waals surface area contributed by atoms with Crippen LogP contribution < -0.4 is 0 Å². The number of hydrogen-bond donors (Lipinski definition) is 0. The Morgan fingerprint density at radius 1 is 1.88 bits per heavy atom. The van der Waals surface area contributed by atoms with Gasteiger partial charge in [-0.1, -0.05) is 13.3 Å². The van der Waals surface area contributed by atoms with E-state index in [9.17, 15) is 4.79 Å². The molecule has 2 heteroatoms. The minimum atomic E-state index is -0.292. The van der Waals surface area contributed by atoms with Crippen LogP contribution in [0.4, 0.5) is 0 Å². The zero-order valence-electron chi connectivity index (χ0n) is 5.05. The van der Waals surface area contributed by atoms with Crippen LogP contribution in [0.2, 0.25) is 0 Å². The zero-order valence-corrected chi connectivity index (χ0v) is 5.05. The van der Waals surface area contributed by atoms with Crippen molar-refractivity contribution in [3.8, 4) is 0 Å². The first-order chi connectivity index (χ1) is 3.85. The van der Waals surface area contributed by atoms with E-state index in [1.54, 1.807) is 6.29 Å². The van der Waals surface area contributed by atoms with Crippen molar-refractivity contribution in [3.05, 3.63) is 0 Å². The van der Waals surface area contributed by atoms with E-state index < -0.39 is 0 Å². The van der Waals surface area contributed by atoms with Gasteiger partial charge in [0.1, 0.15) is 6.04 Å². The van der Waals surface area contributed by atoms with Crippen LogP contribution in [0.3, 0.4) is 0 Å². The Kier molecular flexibility index (Phi) is 4.13. The van der Waals surface area contributed by atoms with Gasteiger partial charge in [-0.2, -0.15) is 0 Å². The molecule has 0 aliphatic rings. The van der Waals surface area contributed by atoms with E-state index in [1.165, 1.54) is 0 Å². The molecule has 0 rings (SSSR count).